The van der Waals surface area contributed by atoms with E-state index in [1.165, 1.54) is 0 Å². The Balaban J connectivity index is 1.86. The van der Waals surface area contributed by atoms with Crippen molar-refractivity contribution in [3.8, 4) is 21.6 Å². The molecule has 2 heterocycles. The topological polar surface area (TPSA) is 91.3 Å². The molecule has 0 atom stereocenters. The molecule has 0 bridgehead atoms. The summed E-state index contributed by atoms with van der Waals surface area (Å²) < 4.78 is 29.1. The molecule has 2 aromatic heterocycles. The predicted molar refractivity (Wildman–Crippen MR) is 129 cm³/mol. The number of hydrogen-bond donors (Lipinski definition) is 3. The third-order valence-electron chi connectivity index (χ3n) is 4.66. The maximum atomic E-state index is 12.1. The third-order valence-corrected chi connectivity index (χ3v) is 7.23. The Bertz CT molecular complexity index is 1170. The number of hydrogen-bond acceptors (Lipinski definition) is 5. The number of aliphatic hydroxyl groups is 1. The summed E-state index contributed by atoms with van der Waals surface area (Å²) in [4.78, 5) is 5.46. The van der Waals surface area contributed by atoms with Crippen molar-refractivity contribution in [1.82, 2.24) is 9.71 Å². The van der Waals surface area contributed by atoms with Gasteiger partial charge in [0.05, 0.1) is 17.3 Å². The van der Waals surface area contributed by atoms with E-state index in [1.807, 2.05) is 37.4 Å². The van der Waals surface area contributed by atoms with Crippen LogP contribution in [-0.2, 0) is 15.6 Å². The quantitative estimate of drug-likeness (QED) is 0.421. The summed E-state index contributed by atoms with van der Waals surface area (Å²) in [5.74, 6) is 0. The molecule has 9 heteroatoms. The van der Waals surface area contributed by atoms with E-state index in [4.69, 9.17) is 11.6 Å². The molecular formula is C22H26ClN3O3S2. The minimum atomic E-state index is -3.66. The number of nitrogens with zero attached hydrogens (tertiary/aromatic N) is 1. The van der Waals surface area contributed by atoms with Crippen LogP contribution in [0.25, 0.3) is 21.6 Å². The highest BCUT2D eigenvalue weighted by molar-refractivity contribution is 7.90. The second-order valence-electron chi connectivity index (χ2n) is 8.24. The smallest absolute Gasteiger partial charge is 0.299 e. The number of thiophene rings is 1. The van der Waals surface area contributed by atoms with Crippen LogP contribution in [0.4, 0.5) is 5.69 Å². The first-order valence-corrected chi connectivity index (χ1v) is 12.5. The lowest BCUT2D eigenvalue weighted by atomic mass is 9.89. The SMILES string of the molecule is CC(C)NS(=O)(=O)Nc1ccc(-c2csc(-c3ccnc(C(C)(C)CO)c3)c2)c(Cl)c1. The normalized spacial score (nSPS) is 12.4. The summed E-state index contributed by atoms with van der Waals surface area (Å²) in [5, 5.41) is 12.1. The van der Waals surface area contributed by atoms with Crippen LogP contribution in [0.3, 0.4) is 0 Å². The maximum absolute atomic E-state index is 12.1. The molecule has 0 saturated heterocycles. The second-order valence-corrected chi connectivity index (χ2v) is 11.0. The number of benzene rings is 1. The molecule has 0 aliphatic heterocycles. The van der Waals surface area contributed by atoms with Crippen molar-refractivity contribution in [2.24, 2.45) is 0 Å². The molecule has 6 nitrogen and oxygen atoms in total. The number of rotatable bonds is 8. The van der Waals surface area contributed by atoms with Crippen molar-refractivity contribution in [1.29, 1.82) is 0 Å². The average Bonchev–Trinajstić information content (AvgIpc) is 3.16. The molecular weight excluding hydrogens is 454 g/mol. The van der Waals surface area contributed by atoms with Gasteiger partial charge in [-0.15, -0.1) is 11.3 Å². The van der Waals surface area contributed by atoms with Crippen molar-refractivity contribution in [3.63, 3.8) is 0 Å². The Morgan fingerprint density at radius 2 is 1.90 bits per heavy atom. The van der Waals surface area contributed by atoms with Crippen LogP contribution in [0.2, 0.25) is 5.02 Å². The van der Waals surface area contributed by atoms with Gasteiger partial charge in [0, 0.05) is 33.8 Å². The molecule has 0 spiro atoms. The molecule has 31 heavy (non-hydrogen) atoms. The predicted octanol–water partition coefficient (Wildman–Crippen LogP) is 5.06. The largest absolute Gasteiger partial charge is 0.395 e. The van der Waals surface area contributed by atoms with Crippen LogP contribution in [0.15, 0.2) is 48.0 Å². The number of halogens is 1. The van der Waals surface area contributed by atoms with Gasteiger partial charge in [-0.2, -0.15) is 13.1 Å². The zero-order valence-electron chi connectivity index (χ0n) is 17.8. The fourth-order valence-electron chi connectivity index (χ4n) is 2.97. The fourth-order valence-corrected chi connectivity index (χ4v) is 5.28. The van der Waals surface area contributed by atoms with Gasteiger partial charge in [0.1, 0.15) is 0 Å². The van der Waals surface area contributed by atoms with E-state index in [2.05, 4.69) is 14.4 Å². The summed E-state index contributed by atoms with van der Waals surface area (Å²) in [5.41, 5.74) is 3.57. The van der Waals surface area contributed by atoms with Crippen LogP contribution in [0.1, 0.15) is 33.4 Å². The highest BCUT2D eigenvalue weighted by Gasteiger charge is 2.21. The molecule has 166 valence electrons. The summed E-state index contributed by atoms with van der Waals surface area (Å²) >= 11 is 8.05. The van der Waals surface area contributed by atoms with Gasteiger partial charge in [-0.25, -0.2) is 0 Å². The van der Waals surface area contributed by atoms with Gasteiger partial charge in [-0.1, -0.05) is 31.5 Å². The number of anilines is 1. The lowest BCUT2D eigenvalue weighted by Gasteiger charge is -2.21. The minimum Gasteiger partial charge on any atom is -0.395 e. The van der Waals surface area contributed by atoms with Crippen LogP contribution < -0.4 is 9.44 Å². The molecule has 3 rings (SSSR count). The van der Waals surface area contributed by atoms with E-state index in [1.54, 1.807) is 49.6 Å². The molecule has 0 aliphatic rings. The van der Waals surface area contributed by atoms with Crippen molar-refractivity contribution < 1.29 is 13.5 Å². The standard InChI is InChI=1S/C22H26ClN3O3S2/c1-14(2)25-31(28,29)26-17-5-6-18(19(23)11-17)16-9-20(30-12-16)15-7-8-24-21(10-15)22(3,4)13-27/h5-12,14,25-27H,13H2,1-4H3. The van der Waals surface area contributed by atoms with Crippen molar-refractivity contribution in [3.05, 3.63) is 58.7 Å². The number of aromatic nitrogens is 1. The zero-order chi connectivity index (χ0) is 22.8. The monoisotopic (exact) mass is 479 g/mol. The van der Waals surface area contributed by atoms with E-state index in [0.29, 0.717) is 10.7 Å². The fraction of sp³-hybridized carbons (Fsp3) is 0.318. The van der Waals surface area contributed by atoms with E-state index < -0.39 is 15.6 Å². The Kier molecular flexibility index (Phi) is 7.08. The summed E-state index contributed by atoms with van der Waals surface area (Å²) in [6, 6.07) is 10.8. The first kappa shape index (κ1) is 23.7. The Labute approximate surface area is 192 Å². The van der Waals surface area contributed by atoms with Crippen LogP contribution >= 0.6 is 22.9 Å². The molecule has 0 unspecified atom stereocenters. The van der Waals surface area contributed by atoms with Gasteiger partial charge < -0.3 is 5.11 Å². The highest BCUT2D eigenvalue weighted by Crippen LogP contribution is 2.37. The van der Waals surface area contributed by atoms with Gasteiger partial charge in [-0.05, 0) is 60.7 Å². The van der Waals surface area contributed by atoms with Crippen LogP contribution in [0.5, 0.6) is 0 Å². The van der Waals surface area contributed by atoms with E-state index in [9.17, 15) is 13.5 Å². The number of pyridine rings is 1. The van der Waals surface area contributed by atoms with Gasteiger partial charge in [-0.3, -0.25) is 9.71 Å². The maximum Gasteiger partial charge on any atom is 0.299 e. The minimum absolute atomic E-state index is 0.0115. The van der Waals surface area contributed by atoms with E-state index in [-0.39, 0.29) is 12.6 Å². The van der Waals surface area contributed by atoms with Crippen molar-refractivity contribution in [2.45, 2.75) is 39.2 Å². The number of nitrogens with one attached hydrogen (secondary N) is 2. The molecule has 0 saturated carbocycles. The molecule has 0 aliphatic carbocycles. The zero-order valence-corrected chi connectivity index (χ0v) is 20.2. The lowest BCUT2D eigenvalue weighted by molar-refractivity contribution is 0.215. The van der Waals surface area contributed by atoms with Gasteiger partial charge in [0.15, 0.2) is 0 Å². The molecule has 0 fully saturated rings. The summed E-state index contributed by atoms with van der Waals surface area (Å²) in [6.45, 7) is 7.41. The van der Waals surface area contributed by atoms with Crippen molar-refractivity contribution >= 4 is 38.8 Å². The molecule has 1 aromatic carbocycles. The summed E-state index contributed by atoms with van der Waals surface area (Å²) in [6.07, 6.45) is 1.75. The highest BCUT2D eigenvalue weighted by atomic mass is 35.5. The van der Waals surface area contributed by atoms with Crippen molar-refractivity contribution in [2.75, 3.05) is 11.3 Å². The van der Waals surface area contributed by atoms with Gasteiger partial charge >= 0.3 is 0 Å². The third kappa shape index (κ3) is 5.84. The van der Waals surface area contributed by atoms with Gasteiger partial charge in [0.2, 0.25) is 0 Å². The molecule has 3 N–H and O–H groups in total. The average molecular weight is 480 g/mol. The molecule has 3 aromatic rings. The second kappa shape index (κ2) is 9.26. The first-order chi connectivity index (χ1) is 14.5. The molecule has 0 radical (unpaired) electrons. The first-order valence-electron chi connectivity index (χ1n) is 9.77. The van der Waals surface area contributed by atoms with Crippen LogP contribution in [0, 0.1) is 0 Å². The summed E-state index contributed by atoms with van der Waals surface area (Å²) in [7, 11) is -3.66. The van der Waals surface area contributed by atoms with Crippen LogP contribution in [-0.4, -0.2) is 31.2 Å². The Morgan fingerprint density at radius 3 is 2.55 bits per heavy atom. The van der Waals surface area contributed by atoms with E-state index in [0.717, 1.165) is 27.3 Å². The van der Waals surface area contributed by atoms with E-state index >= 15 is 0 Å². The number of aliphatic hydroxyl groups excluding tert-OH is 1. The lowest BCUT2D eigenvalue weighted by Crippen LogP contribution is -2.35. The Hall–Kier alpha value is -1.97. The Morgan fingerprint density at radius 1 is 1.16 bits per heavy atom. The van der Waals surface area contributed by atoms with Gasteiger partial charge in [0.25, 0.3) is 10.2 Å². The molecule has 0 amide bonds.